The van der Waals surface area contributed by atoms with E-state index in [2.05, 4.69) is 0 Å². The number of amides is 3. The van der Waals surface area contributed by atoms with Crippen LogP contribution in [-0.2, 0) is 25.7 Å². The molecule has 2 N–H and O–H groups in total. The topological polar surface area (TPSA) is 112 Å². The van der Waals surface area contributed by atoms with Crippen molar-refractivity contribution in [2.45, 2.75) is 26.5 Å². The number of fused-ring (bicyclic) bond motifs is 1. The van der Waals surface area contributed by atoms with Crippen LogP contribution in [-0.4, -0.2) is 45.1 Å². The summed E-state index contributed by atoms with van der Waals surface area (Å²) < 4.78 is 6.69. The fourth-order valence-electron chi connectivity index (χ4n) is 2.90. The van der Waals surface area contributed by atoms with Gasteiger partial charge < -0.3 is 15.0 Å². The molecular weight excluding hydrogens is 382 g/mol. The average Bonchev–Trinajstić information content (AvgIpc) is 3.07. The second-order valence-corrected chi connectivity index (χ2v) is 7.50. The molecule has 3 rings (SSSR count). The first-order valence-corrected chi connectivity index (χ1v) is 9.39. The Morgan fingerprint density at radius 2 is 1.93 bits per heavy atom. The number of ether oxygens (including phenoxy) is 1. The Labute approximate surface area is 165 Å². The summed E-state index contributed by atoms with van der Waals surface area (Å²) in [6, 6.07) is 7.35. The highest BCUT2D eigenvalue weighted by molar-refractivity contribution is 8.18. The van der Waals surface area contributed by atoms with Crippen LogP contribution in [0.5, 0.6) is 0 Å². The SMILES string of the molecule is CC(C)OC(=O)CN1C(=O)SC(=Cc2cn(CC(N)=O)c3ccccc23)C1=O. The molecule has 1 saturated heterocycles. The molecule has 0 saturated carbocycles. The first-order valence-electron chi connectivity index (χ1n) is 8.57. The zero-order valence-electron chi connectivity index (χ0n) is 15.4. The molecule has 28 heavy (non-hydrogen) atoms. The van der Waals surface area contributed by atoms with Crippen molar-refractivity contribution in [3.8, 4) is 0 Å². The van der Waals surface area contributed by atoms with Crippen molar-refractivity contribution in [2.75, 3.05) is 6.54 Å². The molecule has 0 bridgehead atoms. The van der Waals surface area contributed by atoms with Crippen molar-refractivity contribution in [1.82, 2.24) is 9.47 Å². The zero-order chi connectivity index (χ0) is 20.4. The van der Waals surface area contributed by atoms with Gasteiger partial charge in [0.05, 0.1) is 11.0 Å². The van der Waals surface area contributed by atoms with E-state index in [9.17, 15) is 19.2 Å². The standard InChI is InChI=1S/C19H19N3O5S/c1-11(2)27-17(24)10-22-18(25)15(28-19(22)26)7-12-8-21(9-16(20)23)14-6-4-3-5-13(12)14/h3-8,11H,9-10H2,1-2H3,(H2,20,23). The third-order valence-electron chi connectivity index (χ3n) is 3.96. The highest BCUT2D eigenvalue weighted by atomic mass is 32.2. The van der Waals surface area contributed by atoms with Crippen LogP contribution in [0.2, 0.25) is 0 Å². The number of imide groups is 1. The van der Waals surface area contributed by atoms with Crippen LogP contribution < -0.4 is 5.73 Å². The molecule has 2 heterocycles. The molecular formula is C19H19N3O5S. The molecule has 0 atom stereocenters. The van der Waals surface area contributed by atoms with Gasteiger partial charge in [0.15, 0.2) is 0 Å². The Hall–Kier alpha value is -3.07. The van der Waals surface area contributed by atoms with Gasteiger partial charge in [-0.15, -0.1) is 0 Å². The number of rotatable bonds is 6. The van der Waals surface area contributed by atoms with Crippen molar-refractivity contribution in [3.05, 3.63) is 40.9 Å². The molecule has 9 heteroatoms. The van der Waals surface area contributed by atoms with E-state index in [4.69, 9.17) is 10.5 Å². The molecule has 146 valence electrons. The minimum atomic E-state index is -0.642. The molecule has 0 radical (unpaired) electrons. The summed E-state index contributed by atoms with van der Waals surface area (Å²) in [7, 11) is 0. The Morgan fingerprint density at radius 3 is 2.61 bits per heavy atom. The smallest absolute Gasteiger partial charge is 0.326 e. The molecule has 3 amide bonds. The molecule has 8 nitrogen and oxygen atoms in total. The maximum Gasteiger partial charge on any atom is 0.326 e. The van der Waals surface area contributed by atoms with Gasteiger partial charge in [0.2, 0.25) is 5.91 Å². The lowest BCUT2D eigenvalue weighted by molar-refractivity contribution is -0.149. The first-order chi connectivity index (χ1) is 13.3. The summed E-state index contributed by atoms with van der Waals surface area (Å²) >= 11 is 0.759. The Kier molecular flexibility index (Phi) is 5.55. The van der Waals surface area contributed by atoms with E-state index in [1.54, 1.807) is 30.7 Å². The Bertz CT molecular complexity index is 1010. The van der Waals surface area contributed by atoms with E-state index in [0.717, 1.165) is 27.6 Å². The van der Waals surface area contributed by atoms with Crippen LogP contribution in [0.1, 0.15) is 19.4 Å². The van der Waals surface area contributed by atoms with E-state index in [1.807, 2.05) is 24.3 Å². The fraction of sp³-hybridized carbons (Fsp3) is 0.263. The fourth-order valence-corrected chi connectivity index (χ4v) is 3.72. The summed E-state index contributed by atoms with van der Waals surface area (Å²) in [6.45, 7) is 2.95. The first kappa shape index (κ1) is 19.7. The van der Waals surface area contributed by atoms with Gasteiger partial charge in [0.25, 0.3) is 11.1 Å². The lowest BCUT2D eigenvalue weighted by Crippen LogP contribution is -2.35. The van der Waals surface area contributed by atoms with Crippen molar-refractivity contribution < 1.29 is 23.9 Å². The third-order valence-corrected chi connectivity index (χ3v) is 4.87. The second kappa shape index (κ2) is 7.89. The molecule has 0 aliphatic carbocycles. The van der Waals surface area contributed by atoms with Gasteiger partial charge in [-0.25, -0.2) is 0 Å². The number of hydrogen-bond acceptors (Lipinski definition) is 6. The number of carbonyl (C=O) groups is 4. The summed E-state index contributed by atoms with van der Waals surface area (Å²) in [5.74, 6) is -1.68. The van der Waals surface area contributed by atoms with E-state index in [1.165, 1.54) is 0 Å². The second-order valence-electron chi connectivity index (χ2n) is 6.50. The minimum absolute atomic E-state index is 0.00310. The van der Waals surface area contributed by atoms with Gasteiger partial charge in [-0.2, -0.15) is 0 Å². The lowest BCUT2D eigenvalue weighted by Gasteiger charge is -2.13. The van der Waals surface area contributed by atoms with Gasteiger partial charge in [0, 0.05) is 22.7 Å². The highest BCUT2D eigenvalue weighted by Crippen LogP contribution is 2.34. The average molecular weight is 401 g/mol. The number of hydrogen-bond donors (Lipinski definition) is 1. The van der Waals surface area contributed by atoms with Gasteiger partial charge >= 0.3 is 5.97 Å². The van der Waals surface area contributed by atoms with Crippen molar-refractivity contribution in [3.63, 3.8) is 0 Å². The van der Waals surface area contributed by atoms with E-state index in [0.29, 0.717) is 5.56 Å². The van der Waals surface area contributed by atoms with Gasteiger partial charge in [-0.05, 0) is 37.8 Å². The van der Waals surface area contributed by atoms with Crippen molar-refractivity contribution in [1.29, 1.82) is 0 Å². The lowest BCUT2D eigenvalue weighted by atomic mass is 10.1. The zero-order valence-corrected chi connectivity index (χ0v) is 16.2. The van der Waals surface area contributed by atoms with Gasteiger partial charge in [-0.3, -0.25) is 24.1 Å². The largest absolute Gasteiger partial charge is 0.462 e. The molecule has 1 aromatic carbocycles. The van der Waals surface area contributed by atoms with Crippen LogP contribution in [0.15, 0.2) is 35.4 Å². The normalized spacial score (nSPS) is 15.8. The number of para-hydroxylation sites is 1. The molecule has 1 aliphatic rings. The number of thioether (sulfide) groups is 1. The summed E-state index contributed by atoms with van der Waals surface area (Å²) in [6.07, 6.45) is 2.95. The molecule has 2 aromatic rings. The van der Waals surface area contributed by atoms with E-state index < -0.39 is 29.6 Å². The predicted octanol–water partition coefficient (Wildman–Crippen LogP) is 2.11. The van der Waals surface area contributed by atoms with Gasteiger partial charge in [0.1, 0.15) is 13.1 Å². The van der Waals surface area contributed by atoms with Crippen molar-refractivity contribution in [2.24, 2.45) is 5.73 Å². The highest BCUT2D eigenvalue weighted by Gasteiger charge is 2.37. The number of nitrogens with two attached hydrogens (primary N) is 1. The molecule has 1 aromatic heterocycles. The number of carbonyl (C=O) groups excluding carboxylic acids is 4. The van der Waals surface area contributed by atoms with E-state index >= 15 is 0 Å². The van der Waals surface area contributed by atoms with Crippen molar-refractivity contribution >= 4 is 51.8 Å². The number of nitrogens with zero attached hydrogens (tertiary/aromatic N) is 2. The monoisotopic (exact) mass is 401 g/mol. The molecule has 1 fully saturated rings. The van der Waals surface area contributed by atoms with E-state index in [-0.39, 0.29) is 17.6 Å². The Balaban J connectivity index is 1.90. The summed E-state index contributed by atoms with van der Waals surface area (Å²) in [4.78, 5) is 48.9. The van der Waals surface area contributed by atoms with Crippen LogP contribution in [0.3, 0.4) is 0 Å². The van der Waals surface area contributed by atoms with Crippen LogP contribution in [0, 0.1) is 0 Å². The summed E-state index contributed by atoms with van der Waals surface area (Å²) in [5.41, 5.74) is 6.76. The minimum Gasteiger partial charge on any atom is -0.462 e. The summed E-state index contributed by atoms with van der Waals surface area (Å²) in [5, 5.41) is 0.285. The third kappa shape index (κ3) is 4.09. The predicted molar refractivity (Wildman–Crippen MR) is 105 cm³/mol. The van der Waals surface area contributed by atoms with Gasteiger partial charge in [-0.1, -0.05) is 18.2 Å². The maximum absolute atomic E-state index is 12.6. The number of aromatic nitrogens is 1. The quantitative estimate of drug-likeness (QED) is 0.586. The molecule has 1 aliphatic heterocycles. The number of benzene rings is 1. The number of esters is 1. The Morgan fingerprint density at radius 1 is 1.21 bits per heavy atom. The molecule has 0 unspecified atom stereocenters. The van der Waals surface area contributed by atoms with Crippen LogP contribution >= 0.6 is 11.8 Å². The maximum atomic E-state index is 12.6. The molecule has 0 spiro atoms. The number of primary amides is 1. The van der Waals surface area contributed by atoms with Crippen LogP contribution in [0.4, 0.5) is 4.79 Å². The van der Waals surface area contributed by atoms with Crippen LogP contribution in [0.25, 0.3) is 17.0 Å².